The minimum atomic E-state index is -4.46. The molecule has 1 aliphatic rings. The number of aromatic nitrogens is 2. The number of hydrogen-bond donors (Lipinski definition) is 3. The third-order valence-electron chi connectivity index (χ3n) is 5.69. The maximum absolute atomic E-state index is 13.2. The Hall–Kier alpha value is -3.50. The molecule has 3 aromatic rings. The fraction of sp³-hybridized carbons (Fsp3) is 0.320. The van der Waals surface area contributed by atoms with Crippen molar-refractivity contribution in [3.8, 4) is 17.1 Å². The summed E-state index contributed by atoms with van der Waals surface area (Å²) in [5.74, 6) is -0.511. The van der Waals surface area contributed by atoms with E-state index in [1.165, 1.54) is 6.07 Å². The van der Waals surface area contributed by atoms with Crippen molar-refractivity contribution in [3.05, 3.63) is 71.4 Å². The number of hydrogen-bond acceptors (Lipinski definition) is 6. The lowest BCUT2D eigenvalue weighted by molar-refractivity contribution is -0.137. The third-order valence-corrected chi connectivity index (χ3v) is 5.69. The predicted octanol–water partition coefficient (Wildman–Crippen LogP) is 3.95. The number of carbonyl (C=O) groups excluding carboxylic acids is 1. The van der Waals surface area contributed by atoms with Crippen LogP contribution in [0.2, 0.25) is 0 Å². The van der Waals surface area contributed by atoms with Crippen LogP contribution in [0.15, 0.2) is 54.6 Å². The first-order valence-electron chi connectivity index (χ1n) is 11.1. The number of rotatable bonds is 7. The van der Waals surface area contributed by atoms with E-state index >= 15 is 0 Å². The summed E-state index contributed by atoms with van der Waals surface area (Å²) in [5, 5.41) is 21.1. The number of benzene rings is 1. The average molecular weight is 487 g/mol. The van der Waals surface area contributed by atoms with Crippen LogP contribution >= 0.6 is 0 Å². The highest BCUT2D eigenvalue weighted by Crippen LogP contribution is 2.35. The monoisotopic (exact) mass is 487 g/mol. The molecule has 0 fully saturated rings. The van der Waals surface area contributed by atoms with Gasteiger partial charge in [0.15, 0.2) is 0 Å². The van der Waals surface area contributed by atoms with Crippen molar-refractivity contribution in [3.63, 3.8) is 0 Å². The summed E-state index contributed by atoms with van der Waals surface area (Å²) in [6.45, 7) is -0.605. The molecule has 0 saturated heterocycles. The van der Waals surface area contributed by atoms with Gasteiger partial charge >= 0.3 is 6.18 Å². The SMILES string of the molecule is O=C(Nc1cccc(OCC(O)CO)n1)C1CCCc2ccc(-c3cccc(C(F)(F)F)c3)nc21. The lowest BCUT2D eigenvalue weighted by Crippen LogP contribution is -2.26. The normalized spacial score (nSPS) is 16.3. The zero-order valence-electron chi connectivity index (χ0n) is 18.6. The van der Waals surface area contributed by atoms with Crippen LogP contribution in [0, 0.1) is 0 Å². The first-order valence-corrected chi connectivity index (χ1v) is 11.1. The summed E-state index contributed by atoms with van der Waals surface area (Å²) < 4.78 is 44.8. The maximum atomic E-state index is 13.2. The number of anilines is 1. The molecule has 35 heavy (non-hydrogen) atoms. The van der Waals surface area contributed by atoms with E-state index in [1.54, 1.807) is 30.3 Å². The number of ether oxygens (including phenoxy) is 1. The van der Waals surface area contributed by atoms with Crippen molar-refractivity contribution in [2.75, 3.05) is 18.5 Å². The summed E-state index contributed by atoms with van der Waals surface area (Å²) in [5.41, 5.74) is 1.36. The van der Waals surface area contributed by atoms with Gasteiger partial charge in [-0.3, -0.25) is 9.78 Å². The van der Waals surface area contributed by atoms with Gasteiger partial charge in [-0.05, 0) is 49.1 Å². The molecule has 10 heteroatoms. The molecular formula is C25H24F3N3O4. The summed E-state index contributed by atoms with van der Waals surface area (Å²) in [4.78, 5) is 21.9. The summed E-state index contributed by atoms with van der Waals surface area (Å²) in [7, 11) is 0. The Labute approximate surface area is 199 Å². The molecule has 0 radical (unpaired) electrons. The molecule has 3 N–H and O–H groups in total. The molecule has 1 amide bonds. The Morgan fingerprint density at radius 1 is 1.14 bits per heavy atom. The van der Waals surface area contributed by atoms with Crippen molar-refractivity contribution in [2.45, 2.75) is 37.5 Å². The van der Waals surface area contributed by atoms with Gasteiger partial charge in [0.2, 0.25) is 11.8 Å². The lowest BCUT2D eigenvalue weighted by Gasteiger charge is -2.24. The number of amides is 1. The van der Waals surface area contributed by atoms with Gasteiger partial charge in [-0.25, -0.2) is 0 Å². The average Bonchev–Trinajstić information content (AvgIpc) is 2.86. The van der Waals surface area contributed by atoms with Crippen molar-refractivity contribution < 1.29 is 32.9 Å². The number of aliphatic hydroxyl groups is 2. The molecule has 2 unspecified atom stereocenters. The number of pyridine rings is 2. The highest BCUT2D eigenvalue weighted by Gasteiger charge is 2.31. The van der Waals surface area contributed by atoms with Crippen LogP contribution in [0.4, 0.5) is 19.0 Å². The third kappa shape index (κ3) is 5.95. The summed E-state index contributed by atoms with van der Waals surface area (Å²) >= 11 is 0. The van der Waals surface area contributed by atoms with E-state index in [-0.39, 0.29) is 24.2 Å². The summed E-state index contributed by atoms with van der Waals surface area (Å²) in [6, 6.07) is 13.2. The Morgan fingerprint density at radius 3 is 2.71 bits per heavy atom. The van der Waals surface area contributed by atoms with E-state index in [9.17, 15) is 23.1 Å². The first-order chi connectivity index (χ1) is 16.7. The van der Waals surface area contributed by atoms with E-state index in [2.05, 4.69) is 15.3 Å². The van der Waals surface area contributed by atoms with Crippen LogP contribution in [0.1, 0.15) is 35.6 Å². The Balaban J connectivity index is 1.55. The number of nitrogens with one attached hydrogen (secondary N) is 1. The molecule has 1 aromatic carbocycles. The van der Waals surface area contributed by atoms with Gasteiger partial charge in [-0.1, -0.05) is 24.3 Å². The Kier molecular flexibility index (Phi) is 7.32. The van der Waals surface area contributed by atoms with Crippen molar-refractivity contribution in [1.29, 1.82) is 0 Å². The van der Waals surface area contributed by atoms with E-state index < -0.39 is 30.4 Å². The van der Waals surface area contributed by atoms with Crippen molar-refractivity contribution in [2.24, 2.45) is 0 Å². The van der Waals surface area contributed by atoms with Gasteiger partial charge in [-0.15, -0.1) is 0 Å². The molecule has 4 rings (SSSR count). The lowest BCUT2D eigenvalue weighted by atomic mass is 9.85. The molecule has 7 nitrogen and oxygen atoms in total. The summed E-state index contributed by atoms with van der Waals surface area (Å²) in [6.07, 6.45) is -3.48. The highest BCUT2D eigenvalue weighted by molar-refractivity contribution is 5.95. The number of carbonyl (C=O) groups is 1. The van der Waals surface area contributed by atoms with Gasteiger partial charge in [0.05, 0.1) is 29.5 Å². The van der Waals surface area contributed by atoms with E-state index in [0.717, 1.165) is 30.5 Å². The minimum absolute atomic E-state index is 0.154. The molecular weight excluding hydrogens is 463 g/mol. The van der Waals surface area contributed by atoms with Gasteiger partial charge < -0.3 is 20.3 Å². The molecule has 184 valence electrons. The molecule has 2 aromatic heterocycles. The molecule has 0 saturated carbocycles. The second-order valence-corrected chi connectivity index (χ2v) is 8.26. The van der Waals surface area contributed by atoms with Crippen molar-refractivity contribution in [1.82, 2.24) is 9.97 Å². The second-order valence-electron chi connectivity index (χ2n) is 8.26. The van der Waals surface area contributed by atoms with E-state index in [1.807, 2.05) is 6.07 Å². The van der Waals surface area contributed by atoms with Crippen LogP contribution in [0.25, 0.3) is 11.3 Å². The molecule has 0 aliphatic heterocycles. The molecule has 0 spiro atoms. The van der Waals surface area contributed by atoms with Gasteiger partial charge in [0.25, 0.3) is 0 Å². The zero-order valence-corrected chi connectivity index (χ0v) is 18.6. The quantitative estimate of drug-likeness (QED) is 0.466. The zero-order chi connectivity index (χ0) is 25.0. The van der Waals surface area contributed by atoms with Gasteiger partial charge in [-0.2, -0.15) is 18.2 Å². The standard InChI is InChI=1S/C25H24F3N3O4/c26-25(27,28)17-6-1-5-16(12-17)20-11-10-15-4-2-7-19(23(15)29-20)24(34)31-21-8-3-9-22(30-21)35-14-18(33)13-32/h1,3,5-6,8-12,18-19,32-33H,2,4,7,13-14H2,(H,30,31,34). The molecule has 0 bridgehead atoms. The number of nitrogens with zero attached hydrogens (tertiary/aromatic N) is 2. The molecule has 2 atom stereocenters. The van der Waals surface area contributed by atoms with Crippen LogP contribution in [0.5, 0.6) is 5.88 Å². The number of fused-ring (bicyclic) bond motifs is 1. The van der Waals surface area contributed by atoms with Crippen molar-refractivity contribution >= 4 is 11.7 Å². The maximum Gasteiger partial charge on any atom is 0.416 e. The Bertz CT molecular complexity index is 1200. The smallest absolute Gasteiger partial charge is 0.416 e. The van der Waals surface area contributed by atoms with Gasteiger partial charge in [0, 0.05) is 11.6 Å². The molecule has 2 heterocycles. The van der Waals surface area contributed by atoms with Crippen LogP contribution in [-0.4, -0.2) is 45.4 Å². The number of halogens is 3. The number of alkyl halides is 3. The predicted molar refractivity (Wildman–Crippen MR) is 122 cm³/mol. The number of aliphatic hydroxyl groups excluding tert-OH is 2. The van der Waals surface area contributed by atoms with Crippen LogP contribution in [0.3, 0.4) is 0 Å². The van der Waals surface area contributed by atoms with E-state index in [4.69, 9.17) is 9.84 Å². The largest absolute Gasteiger partial charge is 0.475 e. The van der Waals surface area contributed by atoms with Crippen LogP contribution < -0.4 is 10.1 Å². The second kappa shape index (κ2) is 10.4. The van der Waals surface area contributed by atoms with Gasteiger partial charge in [0.1, 0.15) is 18.5 Å². The minimum Gasteiger partial charge on any atom is -0.475 e. The topological polar surface area (TPSA) is 105 Å². The Morgan fingerprint density at radius 2 is 1.94 bits per heavy atom. The molecule has 1 aliphatic carbocycles. The highest BCUT2D eigenvalue weighted by atomic mass is 19.4. The van der Waals surface area contributed by atoms with Crippen LogP contribution in [-0.2, 0) is 17.4 Å². The fourth-order valence-corrected chi connectivity index (χ4v) is 3.93. The van der Waals surface area contributed by atoms with E-state index in [0.29, 0.717) is 23.4 Å². The first kappa shape index (κ1) is 24.6. The number of aryl methyl sites for hydroxylation is 1. The fourth-order valence-electron chi connectivity index (χ4n) is 3.93.